The van der Waals surface area contributed by atoms with E-state index in [0.717, 1.165) is 4.47 Å². The summed E-state index contributed by atoms with van der Waals surface area (Å²) in [4.78, 5) is 12.0. The van der Waals surface area contributed by atoms with Crippen molar-refractivity contribution < 1.29 is 19.4 Å². The van der Waals surface area contributed by atoms with E-state index in [-0.39, 0.29) is 5.75 Å². The van der Waals surface area contributed by atoms with E-state index in [4.69, 9.17) is 9.47 Å². The number of carbonyl (C=O) groups is 1. The molecule has 1 unspecified atom stereocenters. The molecule has 0 aliphatic carbocycles. The lowest BCUT2D eigenvalue weighted by Crippen LogP contribution is -2.33. The molecule has 0 aliphatic heterocycles. The first kappa shape index (κ1) is 17.8. The number of para-hydroxylation sites is 1. The molecule has 24 heavy (non-hydrogen) atoms. The Hall–Kier alpha value is -2.54. The fourth-order valence-corrected chi connectivity index (χ4v) is 2.18. The van der Waals surface area contributed by atoms with Crippen molar-refractivity contribution in [2.75, 3.05) is 7.11 Å². The van der Waals surface area contributed by atoms with Gasteiger partial charge in [0.05, 0.1) is 17.8 Å². The van der Waals surface area contributed by atoms with E-state index in [2.05, 4.69) is 26.5 Å². The lowest BCUT2D eigenvalue weighted by molar-refractivity contribution is -0.127. The van der Waals surface area contributed by atoms with Gasteiger partial charge in [0.15, 0.2) is 6.10 Å². The van der Waals surface area contributed by atoms with Crippen LogP contribution in [-0.4, -0.2) is 30.4 Å². The summed E-state index contributed by atoms with van der Waals surface area (Å²) in [5.41, 5.74) is 2.80. The van der Waals surface area contributed by atoms with Gasteiger partial charge in [0.25, 0.3) is 5.91 Å². The Morgan fingerprint density at radius 1 is 1.33 bits per heavy atom. The molecule has 0 aliphatic rings. The standard InChI is InChI=1S/C17H17BrN2O4/c1-11(24-16-6-4-3-5-14(16)18)17(22)20-19-10-12-9-13(23-2)7-8-15(12)21/h3-11,21H,1-2H3,(H,20,22)/b19-10+. The second-order valence-electron chi connectivity index (χ2n) is 4.85. The van der Waals surface area contributed by atoms with E-state index in [9.17, 15) is 9.90 Å². The van der Waals surface area contributed by atoms with Crippen LogP contribution < -0.4 is 14.9 Å². The summed E-state index contributed by atoms with van der Waals surface area (Å²) in [6.45, 7) is 1.62. The highest BCUT2D eigenvalue weighted by atomic mass is 79.9. The number of aromatic hydroxyl groups is 1. The van der Waals surface area contributed by atoms with Gasteiger partial charge < -0.3 is 14.6 Å². The molecule has 126 valence electrons. The zero-order chi connectivity index (χ0) is 17.5. The maximum Gasteiger partial charge on any atom is 0.280 e. The minimum absolute atomic E-state index is 0.0336. The van der Waals surface area contributed by atoms with E-state index in [1.165, 1.54) is 19.4 Å². The van der Waals surface area contributed by atoms with Crippen LogP contribution >= 0.6 is 15.9 Å². The average molecular weight is 393 g/mol. The maximum atomic E-state index is 12.0. The predicted octanol–water partition coefficient (Wildman–Crippen LogP) is 3.08. The monoisotopic (exact) mass is 392 g/mol. The van der Waals surface area contributed by atoms with Gasteiger partial charge >= 0.3 is 0 Å². The van der Waals surface area contributed by atoms with Crippen molar-refractivity contribution in [3.63, 3.8) is 0 Å². The molecule has 2 aromatic carbocycles. The van der Waals surface area contributed by atoms with Gasteiger partial charge in [-0.2, -0.15) is 5.10 Å². The number of hydrazone groups is 1. The molecule has 2 aromatic rings. The third kappa shape index (κ3) is 4.73. The molecule has 7 heteroatoms. The van der Waals surface area contributed by atoms with Crippen LogP contribution in [-0.2, 0) is 4.79 Å². The summed E-state index contributed by atoms with van der Waals surface area (Å²) in [6.07, 6.45) is 0.598. The smallest absolute Gasteiger partial charge is 0.280 e. The lowest BCUT2D eigenvalue weighted by Gasteiger charge is -2.13. The van der Waals surface area contributed by atoms with Gasteiger partial charge in [0, 0.05) is 5.56 Å². The Morgan fingerprint density at radius 3 is 2.79 bits per heavy atom. The SMILES string of the molecule is COc1ccc(O)c(/C=N/NC(=O)C(C)Oc2ccccc2Br)c1. The van der Waals surface area contributed by atoms with Crippen LogP contribution in [0.25, 0.3) is 0 Å². The molecule has 0 saturated heterocycles. The van der Waals surface area contributed by atoms with Gasteiger partial charge in [0.2, 0.25) is 0 Å². The molecule has 2 N–H and O–H groups in total. The number of amides is 1. The lowest BCUT2D eigenvalue weighted by atomic mass is 10.2. The maximum absolute atomic E-state index is 12.0. The van der Waals surface area contributed by atoms with Gasteiger partial charge in [0.1, 0.15) is 17.2 Å². The molecular weight excluding hydrogens is 376 g/mol. The minimum atomic E-state index is -0.736. The van der Waals surface area contributed by atoms with Crippen LogP contribution in [0.1, 0.15) is 12.5 Å². The van der Waals surface area contributed by atoms with Crippen molar-refractivity contribution in [2.24, 2.45) is 5.10 Å². The fourth-order valence-electron chi connectivity index (χ4n) is 1.80. The molecule has 0 saturated carbocycles. The fraction of sp³-hybridized carbons (Fsp3) is 0.176. The summed E-state index contributed by atoms with van der Waals surface area (Å²) in [6, 6.07) is 12.0. The van der Waals surface area contributed by atoms with Gasteiger partial charge in [-0.25, -0.2) is 5.43 Å². The van der Waals surface area contributed by atoms with Crippen LogP contribution in [0.5, 0.6) is 17.2 Å². The molecular formula is C17H17BrN2O4. The van der Waals surface area contributed by atoms with Crippen molar-refractivity contribution in [3.8, 4) is 17.2 Å². The number of carbonyl (C=O) groups excluding carboxylic acids is 1. The molecule has 0 bridgehead atoms. The summed E-state index contributed by atoms with van der Waals surface area (Å²) in [7, 11) is 1.52. The normalized spacial score (nSPS) is 12.0. The van der Waals surface area contributed by atoms with Crippen molar-refractivity contribution in [1.82, 2.24) is 5.43 Å². The Kier molecular flexibility index (Phi) is 6.20. The molecule has 0 aromatic heterocycles. The van der Waals surface area contributed by atoms with Gasteiger partial charge in [-0.15, -0.1) is 0 Å². The number of halogens is 1. The third-order valence-electron chi connectivity index (χ3n) is 3.12. The molecule has 1 amide bonds. The summed E-state index contributed by atoms with van der Waals surface area (Å²) in [5.74, 6) is 0.761. The molecule has 1 atom stereocenters. The number of hydrogen-bond acceptors (Lipinski definition) is 5. The molecule has 6 nitrogen and oxygen atoms in total. The van der Waals surface area contributed by atoms with Gasteiger partial charge in [-0.3, -0.25) is 4.79 Å². The van der Waals surface area contributed by atoms with Crippen molar-refractivity contribution >= 4 is 28.1 Å². The van der Waals surface area contributed by atoms with Crippen LogP contribution in [0.15, 0.2) is 52.0 Å². The summed E-state index contributed by atoms with van der Waals surface area (Å²) < 4.78 is 11.4. The van der Waals surface area contributed by atoms with Gasteiger partial charge in [-0.05, 0) is 53.2 Å². The number of hydrogen-bond donors (Lipinski definition) is 2. The van der Waals surface area contributed by atoms with Crippen molar-refractivity contribution in [2.45, 2.75) is 13.0 Å². The second kappa shape index (κ2) is 8.35. The van der Waals surface area contributed by atoms with Crippen LogP contribution in [0.4, 0.5) is 0 Å². The van der Waals surface area contributed by atoms with E-state index >= 15 is 0 Å². The number of methoxy groups -OCH3 is 1. The number of benzene rings is 2. The Labute approximate surface area is 148 Å². The first-order valence-electron chi connectivity index (χ1n) is 7.12. The number of phenols is 1. The van der Waals surface area contributed by atoms with Crippen LogP contribution in [0.3, 0.4) is 0 Å². The Balaban J connectivity index is 1.96. The summed E-state index contributed by atoms with van der Waals surface area (Å²) in [5, 5.41) is 13.6. The highest BCUT2D eigenvalue weighted by Crippen LogP contribution is 2.25. The van der Waals surface area contributed by atoms with E-state index in [1.807, 2.05) is 18.2 Å². The molecule has 0 spiro atoms. The topological polar surface area (TPSA) is 80.2 Å². The van der Waals surface area contributed by atoms with Crippen LogP contribution in [0, 0.1) is 0 Å². The third-order valence-corrected chi connectivity index (χ3v) is 3.78. The van der Waals surface area contributed by atoms with Crippen molar-refractivity contribution in [3.05, 3.63) is 52.5 Å². The van der Waals surface area contributed by atoms with E-state index < -0.39 is 12.0 Å². The van der Waals surface area contributed by atoms with E-state index in [0.29, 0.717) is 17.1 Å². The number of rotatable bonds is 6. The highest BCUT2D eigenvalue weighted by molar-refractivity contribution is 9.10. The highest BCUT2D eigenvalue weighted by Gasteiger charge is 2.15. The number of phenolic OH excluding ortho intramolecular Hbond substituents is 1. The predicted molar refractivity (Wildman–Crippen MR) is 94.6 cm³/mol. The molecule has 2 rings (SSSR count). The van der Waals surface area contributed by atoms with Crippen LogP contribution in [0.2, 0.25) is 0 Å². The Bertz CT molecular complexity index is 749. The van der Waals surface area contributed by atoms with E-state index in [1.54, 1.807) is 25.1 Å². The molecule has 0 radical (unpaired) electrons. The zero-order valence-electron chi connectivity index (χ0n) is 13.2. The largest absolute Gasteiger partial charge is 0.507 e. The zero-order valence-corrected chi connectivity index (χ0v) is 14.8. The quantitative estimate of drug-likeness (QED) is 0.584. The first-order valence-corrected chi connectivity index (χ1v) is 7.91. The van der Waals surface area contributed by atoms with Crippen molar-refractivity contribution in [1.29, 1.82) is 0 Å². The second-order valence-corrected chi connectivity index (χ2v) is 5.70. The molecule has 0 heterocycles. The minimum Gasteiger partial charge on any atom is -0.507 e. The molecule has 0 fully saturated rings. The number of nitrogens with one attached hydrogen (secondary N) is 1. The summed E-state index contributed by atoms with van der Waals surface area (Å²) >= 11 is 3.35. The Morgan fingerprint density at radius 2 is 2.08 bits per heavy atom. The average Bonchev–Trinajstić information content (AvgIpc) is 2.58. The number of ether oxygens (including phenoxy) is 2. The number of nitrogens with zero attached hydrogens (tertiary/aromatic N) is 1. The first-order chi connectivity index (χ1) is 11.5. The van der Waals surface area contributed by atoms with Gasteiger partial charge in [-0.1, -0.05) is 12.1 Å².